The summed E-state index contributed by atoms with van der Waals surface area (Å²) in [5.74, 6) is 0.576. The Morgan fingerprint density at radius 3 is 2.79 bits per heavy atom. The van der Waals surface area contributed by atoms with Gasteiger partial charge in [0.15, 0.2) is 0 Å². The molecule has 0 amide bonds. The van der Waals surface area contributed by atoms with Crippen LogP contribution in [0.3, 0.4) is 0 Å². The highest BCUT2D eigenvalue weighted by Crippen LogP contribution is 2.13. The first-order valence-electron chi connectivity index (χ1n) is 4.27. The van der Waals surface area contributed by atoms with Crippen molar-refractivity contribution in [3.05, 3.63) is 41.6 Å². The number of aromatic nitrogens is 2. The van der Waals surface area contributed by atoms with Crippen molar-refractivity contribution in [2.75, 3.05) is 0 Å². The molecular weight excluding hydrogens is 180 g/mol. The fourth-order valence-corrected chi connectivity index (χ4v) is 1.36. The van der Waals surface area contributed by atoms with Crippen LogP contribution in [0.5, 0.6) is 0 Å². The largest absolute Gasteiger partial charge is 0.469 e. The van der Waals surface area contributed by atoms with Crippen LogP contribution in [-0.2, 0) is 7.05 Å². The zero-order chi connectivity index (χ0) is 10.1. The lowest BCUT2D eigenvalue weighted by atomic mass is 10.1. The first kappa shape index (κ1) is 8.74. The lowest BCUT2D eigenvalue weighted by Gasteiger charge is -1.98. The van der Waals surface area contributed by atoms with Gasteiger partial charge in [-0.25, -0.2) is 0 Å². The van der Waals surface area contributed by atoms with Crippen molar-refractivity contribution in [1.82, 2.24) is 9.78 Å². The topological polar surface area (TPSA) is 48.0 Å². The maximum atomic E-state index is 11.9. The van der Waals surface area contributed by atoms with Crippen LogP contribution in [0.15, 0.2) is 29.0 Å². The Morgan fingerprint density at radius 2 is 2.29 bits per heavy atom. The van der Waals surface area contributed by atoms with Crippen LogP contribution < -0.4 is 0 Å². The lowest BCUT2D eigenvalue weighted by Crippen LogP contribution is -2.08. The number of carbonyl (C=O) groups excluding carboxylic acids is 1. The van der Waals surface area contributed by atoms with E-state index < -0.39 is 0 Å². The first-order chi connectivity index (χ1) is 6.70. The van der Waals surface area contributed by atoms with Crippen molar-refractivity contribution in [2.45, 2.75) is 6.92 Å². The quantitative estimate of drug-likeness (QED) is 0.675. The summed E-state index contributed by atoms with van der Waals surface area (Å²) in [5.41, 5.74) is 1.16. The van der Waals surface area contributed by atoms with Crippen molar-refractivity contribution in [2.24, 2.45) is 7.05 Å². The van der Waals surface area contributed by atoms with Crippen LogP contribution in [0.2, 0.25) is 0 Å². The van der Waals surface area contributed by atoms with Crippen molar-refractivity contribution >= 4 is 5.78 Å². The Morgan fingerprint density at radius 1 is 1.50 bits per heavy atom. The molecule has 14 heavy (non-hydrogen) atoms. The second kappa shape index (κ2) is 3.14. The molecule has 0 saturated heterocycles. The Bertz CT molecular complexity index is 426. The van der Waals surface area contributed by atoms with E-state index in [0.29, 0.717) is 17.0 Å². The molecule has 0 aliphatic heterocycles. The summed E-state index contributed by atoms with van der Waals surface area (Å²) in [6.45, 7) is 1.77. The SMILES string of the molecule is Cc1occc1C(=O)c1ccnn1C. The molecule has 0 aliphatic carbocycles. The number of hydrogen-bond acceptors (Lipinski definition) is 3. The Balaban J connectivity index is 2.44. The zero-order valence-electron chi connectivity index (χ0n) is 8.02. The molecule has 0 bridgehead atoms. The predicted octanol–water partition coefficient (Wildman–Crippen LogP) is 1.55. The average molecular weight is 190 g/mol. The minimum Gasteiger partial charge on any atom is -0.469 e. The van der Waals surface area contributed by atoms with Crippen LogP contribution in [-0.4, -0.2) is 15.6 Å². The van der Waals surface area contributed by atoms with Gasteiger partial charge >= 0.3 is 0 Å². The van der Waals surface area contributed by atoms with Gasteiger partial charge in [0.2, 0.25) is 5.78 Å². The van der Waals surface area contributed by atoms with E-state index in [1.807, 2.05) is 0 Å². The van der Waals surface area contributed by atoms with E-state index in [9.17, 15) is 4.79 Å². The van der Waals surface area contributed by atoms with Gasteiger partial charge in [0.25, 0.3) is 0 Å². The summed E-state index contributed by atoms with van der Waals surface area (Å²) in [4.78, 5) is 11.9. The van der Waals surface area contributed by atoms with Gasteiger partial charge in [-0.2, -0.15) is 5.10 Å². The summed E-state index contributed by atoms with van der Waals surface area (Å²) < 4.78 is 6.62. The third-order valence-corrected chi connectivity index (χ3v) is 2.16. The molecular formula is C10H10N2O2. The van der Waals surface area contributed by atoms with Crippen LogP contribution >= 0.6 is 0 Å². The molecule has 0 fully saturated rings. The van der Waals surface area contributed by atoms with Gasteiger partial charge in [-0.1, -0.05) is 0 Å². The number of rotatable bonds is 2. The Labute approximate surface area is 81.1 Å². The lowest BCUT2D eigenvalue weighted by molar-refractivity contribution is 0.102. The van der Waals surface area contributed by atoms with E-state index >= 15 is 0 Å². The highest BCUT2D eigenvalue weighted by Gasteiger charge is 2.16. The summed E-state index contributed by atoms with van der Waals surface area (Å²) >= 11 is 0. The number of ketones is 1. The molecule has 0 radical (unpaired) electrons. The van der Waals surface area contributed by atoms with Gasteiger partial charge < -0.3 is 4.42 Å². The first-order valence-corrected chi connectivity index (χ1v) is 4.27. The smallest absolute Gasteiger partial charge is 0.214 e. The molecule has 0 aliphatic rings. The molecule has 0 aromatic carbocycles. The van der Waals surface area contributed by atoms with E-state index in [1.54, 1.807) is 37.0 Å². The van der Waals surface area contributed by atoms with E-state index in [1.165, 1.54) is 6.26 Å². The van der Waals surface area contributed by atoms with Crippen LogP contribution in [0.1, 0.15) is 21.8 Å². The minimum atomic E-state index is -0.0590. The average Bonchev–Trinajstić information content (AvgIpc) is 2.73. The molecule has 0 atom stereocenters. The van der Waals surface area contributed by atoms with Crippen LogP contribution in [0, 0.1) is 6.92 Å². The number of carbonyl (C=O) groups is 1. The van der Waals surface area contributed by atoms with Gasteiger partial charge in [-0.3, -0.25) is 9.48 Å². The molecule has 2 aromatic heterocycles. The van der Waals surface area contributed by atoms with Crippen molar-refractivity contribution in [1.29, 1.82) is 0 Å². The van der Waals surface area contributed by atoms with Gasteiger partial charge in [0.1, 0.15) is 11.5 Å². The normalized spacial score (nSPS) is 10.4. The van der Waals surface area contributed by atoms with Crippen molar-refractivity contribution in [3.8, 4) is 0 Å². The maximum absolute atomic E-state index is 11.9. The minimum absolute atomic E-state index is 0.0590. The highest BCUT2D eigenvalue weighted by atomic mass is 16.3. The van der Waals surface area contributed by atoms with Crippen LogP contribution in [0.25, 0.3) is 0 Å². The van der Waals surface area contributed by atoms with Gasteiger partial charge in [-0.15, -0.1) is 0 Å². The molecule has 0 saturated carbocycles. The molecule has 4 heteroatoms. The van der Waals surface area contributed by atoms with E-state index in [4.69, 9.17) is 4.42 Å². The summed E-state index contributed by atoms with van der Waals surface area (Å²) in [7, 11) is 1.74. The zero-order valence-corrected chi connectivity index (χ0v) is 8.02. The number of hydrogen-bond donors (Lipinski definition) is 0. The molecule has 0 unspecified atom stereocenters. The predicted molar refractivity (Wildman–Crippen MR) is 50.1 cm³/mol. The second-order valence-corrected chi connectivity index (χ2v) is 3.06. The third-order valence-electron chi connectivity index (χ3n) is 2.16. The Hall–Kier alpha value is -1.84. The number of furan rings is 1. The van der Waals surface area contributed by atoms with Gasteiger partial charge in [0, 0.05) is 13.2 Å². The van der Waals surface area contributed by atoms with Crippen molar-refractivity contribution < 1.29 is 9.21 Å². The fourth-order valence-electron chi connectivity index (χ4n) is 1.36. The monoisotopic (exact) mass is 190 g/mol. The van der Waals surface area contributed by atoms with Crippen molar-refractivity contribution in [3.63, 3.8) is 0 Å². The number of nitrogens with zero attached hydrogens (tertiary/aromatic N) is 2. The highest BCUT2D eigenvalue weighted by molar-refractivity contribution is 6.08. The van der Waals surface area contributed by atoms with E-state index in [-0.39, 0.29) is 5.78 Å². The van der Waals surface area contributed by atoms with E-state index in [2.05, 4.69) is 5.10 Å². The molecule has 0 N–H and O–H groups in total. The third kappa shape index (κ3) is 1.25. The molecule has 4 nitrogen and oxygen atoms in total. The number of aryl methyl sites for hydroxylation is 2. The maximum Gasteiger partial charge on any atom is 0.214 e. The van der Waals surface area contributed by atoms with Gasteiger partial charge in [-0.05, 0) is 19.1 Å². The molecule has 72 valence electrons. The fraction of sp³-hybridized carbons (Fsp3) is 0.200. The Kier molecular flexibility index (Phi) is 1.96. The van der Waals surface area contributed by atoms with Crippen LogP contribution in [0.4, 0.5) is 0 Å². The van der Waals surface area contributed by atoms with E-state index in [0.717, 1.165) is 0 Å². The molecule has 0 spiro atoms. The summed E-state index contributed by atoms with van der Waals surface area (Å²) in [6, 6.07) is 3.36. The molecule has 2 rings (SSSR count). The summed E-state index contributed by atoms with van der Waals surface area (Å²) in [6.07, 6.45) is 3.11. The summed E-state index contributed by atoms with van der Waals surface area (Å²) in [5, 5.41) is 3.94. The standard InChI is InChI=1S/C10H10N2O2/c1-7-8(4-6-14-7)10(13)9-3-5-11-12(9)2/h3-6H,1-2H3. The second-order valence-electron chi connectivity index (χ2n) is 3.06. The molecule has 2 aromatic rings. The molecule has 2 heterocycles. The van der Waals surface area contributed by atoms with Gasteiger partial charge in [0.05, 0.1) is 11.8 Å².